The fraction of sp³-hybridized carbons (Fsp3) is 0.476. The average Bonchev–Trinajstić information content (AvgIpc) is 2.85. The van der Waals surface area contributed by atoms with Gasteiger partial charge < -0.3 is 20.2 Å². The molecule has 8 nitrogen and oxygen atoms in total. The summed E-state index contributed by atoms with van der Waals surface area (Å²) in [4.78, 5) is 12.5. The monoisotopic (exact) mass is 437 g/mol. The van der Waals surface area contributed by atoms with Gasteiger partial charge in [-0.2, -0.15) is 8.42 Å². The van der Waals surface area contributed by atoms with Crippen LogP contribution >= 0.6 is 0 Å². The number of aliphatic carboxylic acids is 1. The Morgan fingerprint density at radius 1 is 1.27 bits per heavy atom. The van der Waals surface area contributed by atoms with Crippen molar-refractivity contribution in [2.24, 2.45) is 0 Å². The minimum absolute atomic E-state index is 0.107. The number of aliphatic hydroxyl groups excluding tert-OH is 2. The van der Waals surface area contributed by atoms with E-state index < -0.39 is 27.6 Å². The van der Waals surface area contributed by atoms with Crippen molar-refractivity contribution in [3.8, 4) is 0 Å². The number of carboxylic acids is 1. The summed E-state index contributed by atoms with van der Waals surface area (Å²) in [6.45, 7) is 4.40. The van der Waals surface area contributed by atoms with Gasteiger partial charge in [-0.05, 0) is 42.7 Å². The van der Waals surface area contributed by atoms with Gasteiger partial charge in [0.2, 0.25) is 0 Å². The molecule has 0 radical (unpaired) electrons. The number of hydrogen-bond acceptors (Lipinski definition) is 6. The van der Waals surface area contributed by atoms with Crippen LogP contribution in [0.15, 0.2) is 46.2 Å². The molecule has 164 valence electrons. The van der Waals surface area contributed by atoms with Gasteiger partial charge in [-0.3, -0.25) is 9.35 Å². The van der Waals surface area contributed by atoms with E-state index in [-0.39, 0.29) is 23.5 Å². The maximum Gasteiger partial charge on any atom is 0.303 e. The quantitative estimate of drug-likeness (QED) is 0.360. The highest BCUT2D eigenvalue weighted by molar-refractivity contribution is 7.85. The average molecular weight is 438 g/mol. The second-order valence-electron chi connectivity index (χ2n) is 8.29. The molecule has 4 N–H and O–H groups in total. The Hall–Kier alpha value is -2.36. The summed E-state index contributed by atoms with van der Waals surface area (Å²) in [5.74, 6) is -0.704. The highest BCUT2D eigenvalue weighted by Crippen LogP contribution is 2.49. The summed E-state index contributed by atoms with van der Waals surface area (Å²) in [5.41, 5.74) is 2.09. The van der Waals surface area contributed by atoms with Gasteiger partial charge in [-0.25, -0.2) is 0 Å². The van der Waals surface area contributed by atoms with Crippen LogP contribution in [0.4, 0.5) is 5.69 Å². The van der Waals surface area contributed by atoms with Crippen LogP contribution in [0, 0.1) is 0 Å². The van der Waals surface area contributed by atoms with Gasteiger partial charge in [0.15, 0.2) is 0 Å². The fourth-order valence-corrected chi connectivity index (χ4v) is 4.54. The number of unbranched alkanes of at least 4 members (excludes halogenated alkanes) is 2. The normalized spacial score (nSPS) is 21.7. The van der Waals surface area contributed by atoms with Crippen molar-refractivity contribution in [3.05, 3.63) is 46.9 Å². The van der Waals surface area contributed by atoms with Crippen LogP contribution < -0.4 is 4.90 Å². The van der Waals surface area contributed by atoms with Gasteiger partial charge in [0.05, 0.1) is 11.0 Å². The molecule has 1 heterocycles. The minimum atomic E-state index is -4.36. The summed E-state index contributed by atoms with van der Waals surface area (Å²) in [5, 5.41) is 28.8. The molecule has 0 saturated carbocycles. The maximum absolute atomic E-state index is 11.6. The molecule has 3 rings (SSSR count). The van der Waals surface area contributed by atoms with Crippen molar-refractivity contribution in [2.45, 2.75) is 62.4 Å². The van der Waals surface area contributed by atoms with Crippen LogP contribution in [0.3, 0.4) is 0 Å². The van der Waals surface area contributed by atoms with Crippen molar-refractivity contribution in [1.29, 1.82) is 0 Å². The first-order valence-electron chi connectivity index (χ1n) is 9.86. The lowest BCUT2D eigenvalue weighted by molar-refractivity contribution is -0.137. The zero-order chi connectivity index (χ0) is 22.3. The Morgan fingerprint density at radius 3 is 2.53 bits per heavy atom. The number of allylic oxidation sites excluding steroid dienone is 1. The van der Waals surface area contributed by atoms with Crippen LogP contribution in [-0.4, -0.2) is 46.9 Å². The van der Waals surface area contributed by atoms with Crippen molar-refractivity contribution in [3.63, 3.8) is 0 Å². The molecule has 1 aliphatic carbocycles. The Morgan fingerprint density at radius 2 is 1.97 bits per heavy atom. The van der Waals surface area contributed by atoms with E-state index in [4.69, 9.17) is 5.11 Å². The smallest absolute Gasteiger partial charge is 0.303 e. The molecule has 0 amide bonds. The highest BCUT2D eigenvalue weighted by Gasteiger charge is 2.42. The summed E-state index contributed by atoms with van der Waals surface area (Å²) in [7, 11) is -4.36. The zero-order valence-corrected chi connectivity index (χ0v) is 17.8. The van der Waals surface area contributed by atoms with E-state index in [2.05, 4.69) is 0 Å². The van der Waals surface area contributed by atoms with Crippen molar-refractivity contribution in [2.75, 3.05) is 11.4 Å². The molecule has 1 aromatic rings. The second kappa shape index (κ2) is 8.05. The van der Waals surface area contributed by atoms with Crippen LogP contribution in [-0.2, 0) is 20.3 Å². The van der Waals surface area contributed by atoms with Gasteiger partial charge in [0.1, 0.15) is 5.76 Å². The predicted molar refractivity (Wildman–Crippen MR) is 111 cm³/mol. The standard InChI is InChI=1S/C21H27NO7S/c1-21(2)15-10-13(30(27,28)29)7-8-16(15)22(9-5-3-4-6-20(25)26)19(21)11-14-17(23)12-18(14)24/h7-8,10-11,17,23-24H,3-6,9,12H2,1-2H3,(H,25,26)(H,27,28,29). The fourth-order valence-electron chi connectivity index (χ4n) is 4.04. The van der Waals surface area contributed by atoms with E-state index >= 15 is 0 Å². The molecule has 1 aromatic carbocycles. The van der Waals surface area contributed by atoms with E-state index in [1.807, 2.05) is 18.7 Å². The molecule has 0 spiro atoms. The molecular formula is C21H27NO7S. The SMILES string of the molecule is CC1(C)C(=CC2=C(O)CC2O)N(CCCCCC(=O)O)c2ccc(S(=O)(=O)O)cc21. The lowest BCUT2D eigenvalue weighted by atomic mass is 9.81. The maximum atomic E-state index is 11.6. The number of nitrogens with zero attached hydrogens (tertiary/aromatic N) is 1. The zero-order valence-electron chi connectivity index (χ0n) is 17.0. The first-order chi connectivity index (χ1) is 13.9. The molecule has 0 saturated heterocycles. The molecule has 2 aliphatic rings. The lowest BCUT2D eigenvalue weighted by Crippen LogP contribution is -2.30. The molecule has 1 atom stereocenters. The van der Waals surface area contributed by atoms with E-state index in [1.54, 1.807) is 12.1 Å². The molecule has 0 bridgehead atoms. The molecule has 0 aromatic heterocycles. The van der Waals surface area contributed by atoms with Crippen LogP contribution in [0.5, 0.6) is 0 Å². The minimum Gasteiger partial charge on any atom is -0.512 e. The lowest BCUT2D eigenvalue weighted by Gasteiger charge is -2.30. The van der Waals surface area contributed by atoms with Crippen molar-refractivity contribution < 1.29 is 33.1 Å². The summed E-state index contributed by atoms with van der Waals surface area (Å²) < 4.78 is 32.7. The number of anilines is 1. The number of carboxylic acid groups (broad SMARTS) is 1. The number of fused-ring (bicyclic) bond motifs is 1. The summed E-state index contributed by atoms with van der Waals surface area (Å²) >= 11 is 0. The number of rotatable bonds is 8. The first kappa shape index (κ1) is 22.3. The van der Waals surface area contributed by atoms with E-state index in [1.165, 1.54) is 12.1 Å². The second-order valence-corrected chi connectivity index (χ2v) is 9.71. The van der Waals surface area contributed by atoms with Gasteiger partial charge in [0.25, 0.3) is 10.1 Å². The van der Waals surface area contributed by atoms with Gasteiger partial charge >= 0.3 is 5.97 Å². The van der Waals surface area contributed by atoms with Gasteiger partial charge in [0, 0.05) is 41.8 Å². The molecule has 1 unspecified atom stereocenters. The number of benzene rings is 1. The molecular weight excluding hydrogens is 410 g/mol. The van der Waals surface area contributed by atoms with Gasteiger partial charge in [-0.15, -0.1) is 0 Å². The summed E-state index contributed by atoms with van der Waals surface area (Å²) in [6.07, 6.45) is 3.30. The Balaban J connectivity index is 1.97. The van der Waals surface area contributed by atoms with Crippen molar-refractivity contribution in [1.82, 2.24) is 0 Å². The Kier molecular flexibility index (Phi) is 5.99. The highest BCUT2D eigenvalue weighted by atomic mass is 32.2. The topological polar surface area (TPSA) is 135 Å². The molecule has 9 heteroatoms. The van der Waals surface area contributed by atoms with Crippen LogP contribution in [0.1, 0.15) is 51.5 Å². The molecule has 0 fully saturated rings. The van der Waals surface area contributed by atoms with E-state index in [9.17, 15) is 28.0 Å². The third-order valence-electron chi connectivity index (χ3n) is 5.80. The number of hydrogen-bond donors (Lipinski definition) is 4. The largest absolute Gasteiger partial charge is 0.512 e. The predicted octanol–water partition coefficient (Wildman–Crippen LogP) is 3.14. The van der Waals surface area contributed by atoms with Crippen molar-refractivity contribution >= 4 is 21.8 Å². The molecule has 30 heavy (non-hydrogen) atoms. The molecule has 1 aliphatic heterocycles. The van der Waals surface area contributed by atoms with Crippen LogP contribution in [0.25, 0.3) is 0 Å². The summed E-state index contributed by atoms with van der Waals surface area (Å²) in [6, 6.07) is 4.44. The number of carbonyl (C=O) groups is 1. The number of aliphatic hydroxyl groups is 2. The third-order valence-corrected chi connectivity index (χ3v) is 6.65. The first-order valence-corrected chi connectivity index (χ1v) is 11.3. The van der Waals surface area contributed by atoms with Gasteiger partial charge in [-0.1, -0.05) is 20.3 Å². The third kappa shape index (κ3) is 4.23. The van der Waals surface area contributed by atoms with E-state index in [0.29, 0.717) is 36.9 Å². The Bertz CT molecular complexity index is 1020. The van der Waals surface area contributed by atoms with E-state index in [0.717, 1.165) is 11.4 Å². The van der Waals surface area contributed by atoms with Crippen LogP contribution in [0.2, 0.25) is 0 Å². The Labute approximate surface area is 175 Å².